The normalized spacial score (nSPS) is 30.0. The maximum atomic E-state index is 5.71. The molecule has 118 valence electrons. The molecular formula is C17H34N2O. The van der Waals surface area contributed by atoms with Gasteiger partial charge in [0.25, 0.3) is 0 Å². The second-order valence-corrected chi connectivity index (χ2v) is 8.00. The molecule has 0 saturated carbocycles. The van der Waals surface area contributed by atoms with Gasteiger partial charge in [0.15, 0.2) is 0 Å². The highest BCUT2D eigenvalue weighted by molar-refractivity contribution is 4.90. The van der Waals surface area contributed by atoms with Gasteiger partial charge in [-0.1, -0.05) is 27.7 Å². The van der Waals surface area contributed by atoms with Crippen LogP contribution < -0.4 is 5.32 Å². The number of piperidine rings is 1. The zero-order valence-electron chi connectivity index (χ0n) is 14.0. The van der Waals surface area contributed by atoms with Crippen molar-refractivity contribution in [3.05, 3.63) is 0 Å². The van der Waals surface area contributed by atoms with Crippen LogP contribution in [0, 0.1) is 16.7 Å². The van der Waals surface area contributed by atoms with Crippen molar-refractivity contribution in [1.29, 1.82) is 0 Å². The van der Waals surface area contributed by atoms with Crippen molar-refractivity contribution in [1.82, 2.24) is 10.2 Å². The Morgan fingerprint density at radius 1 is 1.25 bits per heavy atom. The number of ether oxygens (including phenoxy) is 1. The highest BCUT2D eigenvalue weighted by atomic mass is 16.5. The predicted octanol–water partition coefficient (Wildman–Crippen LogP) is 2.76. The average Bonchev–Trinajstić information content (AvgIpc) is 2.85. The molecule has 1 atom stereocenters. The molecule has 3 nitrogen and oxygen atoms in total. The Kier molecular flexibility index (Phi) is 5.49. The molecule has 2 rings (SSSR count). The molecule has 2 saturated heterocycles. The van der Waals surface area contributed by atoms with Gasteiger partial charge in [-0.3, -0.25) is 0 Å². The fourth-order valence-electron chi connectivity index (χ4n) is 3.79. The van der Waals surface area contributed by atoms with Crippen LogP contribution in [0.5, 0.6) is 0 Å². The van der Waals surface area contributed by atoms with E-state index in [2.05, 4.69) is 37.9 Å². The summed E-state index contributed by atoms with van der Waals surface area (Å²) in [7, 11) is 0. The van der Waals surface area contributed by atoms with Gasteiger partial charge in [0.2, 0.25) is 0 Å². The van der Waals surface area contributed by atoms with E-state index in [1.165, 1.54) is 38.9 Å². The summed E-state index contributed by atoms with van der Waals surface area (Å²) >= 11 is 0. The lowest BCUT2D eigenvalue weighted by molar-refractivity contribution is 0.0642. The van der Waals surface area contributed by atoms with E-state index in [0.717, 1.165) is 32.2 Å². The SMILES string of the molecule is CCNCC1(CN2CCC(C(C)(C)C)CC2)CCOC1. The summed E-state index contributed by atoms with van der Waals surface area (Å²) in [5, 5.41) is 3.55. The number of likely N-dealkylation sites (tertiary alicyclic amines) is 1. The van der Waals surface area contributed by atoms with Crippen molar-refractivity contribution in [2.75, 3.05) is 45.9 Å². The van der Waals surface area contributed by atoms with E-state index in [1.807, 2.05) is 0 Å². The third kappa shape index (κ3) is 4.19. The van der Waals surface area contributed by atoms with E-state index in [-0.39, 0.29) is 0 Å². The molecule has 0 bridgehead atoms. The average molecular weight is 282 g/mol. The fourth-order valence-corrected chi connectivity index (χ4v) is 3.79. The van der Waals surface area contributed by atoms with Crippen LogP contribution >= 0.6 is 0 Å². The summed E-state index contributed by atoms with van der Waals surface area (Å²) in [4.78, 5) is 2.69. The van der Waals surface area contributed by atoms with E-state index in [4.69, 9.17) is 4.74 Å². The first-order valence-electron chi connectivity index (χ1n) is 8.46. The number of nitrogens with one attached hydrogen (secondary N) is 1. The minimum Gasteiger partial charge on any atom is -0.381 e. The molecule has 0 aromatic carbocycles. The van der Waals surface area contributed by atoms with Crippen LogP contribution in [0.1, 0.15) is 47.0 Å². The van der Waals surface area contributed by atoms with Gasteiger partial charge in [-0.05, 0) is 50.2 Å². The van der Waals surface area contributed by atoms with Gasteiger partial charge in [0.05, 0.1) is 6.61 Å². The second-order valence-electron chi connectivity index (χ2n) is 8.00. The first-order chi connectivity index (χ1) is 9.45. The molecule has 1 N–H and O–H groups in total. The van der Waals surface area contributed by atoms with Crippen LogP contribution in [0.15, 0.2) is 0 Å². The molecule has 2 fully saturated rings. The Morgan fingerprint density at radius 3 is 2.45 bits per heavy atom. The maximum absolute atomic E-state index is 5.71. The lowest BCUT2D eigenvalue weighted by Crippen LogP contribution is -2.48. The van der Waals surface area contributed by atoms with Gasteiger partial charge in [-0.15, -0.1) is 0 Å². The lowest BCUT2D eigenvalue weighted by atomic mass is 9.75. The van der Waals surface area contributed by atoms with E-state index < -0.39 is 0 Å². The van der Waals surface area contributed by atoms with Crippen molar-refractivity contribution < 1.29 is 4.74 Å². The Hall–Kier alpha value is -0.120. The van der Waals surface area contributed by atoms with E-state index >= 15 is 0 Å². The molecule has 0 radical (unpaired) electrons. The molecule has 2 aliphatic heterocycles. The van der Waals surface area contributed by atoms with Crippen LogP contribution in [0.2, 0.25) is 0 Å². The fraction of sp³-hybridized carbons (Fsp3) is 1.00. The monoisotopic (exact) mass is 282 g/mol. The van der Waals surface area contributed by atoms with Crippen molar-refractivity contribution >= 4 is 0 Å². The van der Waals surface area contributed by atoms with Crippen molar-refractivity contribution in [2.24, 2.45) is 16.7 Å². The van der Waals surface area contributed by atoms with Crippen LogP contribution in [0.4, 0.5) is 0 Å². The molecule has 0 aromatic heterocycles. The smallest absolute Gasteiger partial charge is 0.0547 e. The lowest BCUT2D eigenvalue weighted by Gasteiger charge is -2.42. The van der Waals surface area contributed by atoms with Crippen molar-refractivity contribution in [2.45, 2.75) is 47.0 Å². The molecule has 3 heteroatoms. The molecular weight excluding hydrogens is 248 g/mol. The summed E-state index contributed by atoms with van der Waals surface area (Å²) in [5.74, 6) is 0.892. The Labute approximate surface area is 125 Å². The molecule has 1 unspecified atom stereocenters. The molecule has 0 aliphatic carbocycles. The zero-order chi connectivity index (χ0) is 14.6. The maximum Gasteiger partial charge on any atom is 0.0547 e. The Morgan fingerprint density at radius 2 is 1.95 bits per heavy atom. The number of hydrogen-bond acceptors (Lipinski definition) is 3. The van der Waals surface area contributed by atoms with Gasteiger partial charge in [0, 0.05) is 25.1 Å². The molecule has 2 heterocycles. The number of hydrogen-bond donors (Lipinski definition) is 1. The van der Waals surface area contributed by atoms with Crippen molar-refractivity contribution in [3.8, 4) is 0 Å². The van der Waals surface area contributed by atoms with Gasteiger partial charge in [0.1, 0.15) is 0 Å². The van der Waals surface area contributed by atoms with Crippen LogP contribution in [-0.2, 0) is 4.74 Å². The summed E-state index contributed by atoms with van der Waals surface area (Å²) in [6.45, 7) is 17.2. The number of nitrogens with zero attached hydrogens (tertiary/aromatic N) is 1. The van der Waals surface area contributed by atoms with Crippen LogP contribution in [-0.4, -0.2) is 50.8 Å². The standard InChI is InChI=1S/C17H34N2O/c1-5-18-12-17(8-11-20-14-17)13-19-9-6-15(7-10-19)16(2,3)4/h15,18H,5-14H2,1-4H3. The largest absolute Gasteiger partial charge is 0.381 e. The zero-order valence-corrected chi connectivity index (χ0v) is 14.0. The first-order valence-corrected chi connectivity index (χ1v) is 8.46. The predicted molar refractivity (Wildman–Crippen MR) is 85.0 cm³/mol. The van der Waals surface area contributed by atoms with Gasteiger partial charge in [-0.25, -0.2) is 0 Å². The first kappa shape index (κ1) is 16.3. The highest BCUT2D eigenvalue weighted by Gasteiger charge is 2.38. The molecule has 0 spiro atoms. The van der Waals surface area contributed by atoms with E-state index in [1.54, 1.807) is 0 Å². The molecule has 20 heavy (non-hydrogen) atoms. The Bertz CT molecular complexity index is 284. The number of rotatable bonds is 5. The van der Waals surface area contributed by atoms with E-state index in [9.17, 15) is 0 Å². The topological polar surface area (TPSA) is 24.5 Å². The molecule has 0 amide bonds. The molecule has 2 aliphatic rings. The van der Waals surface area contributed by atoms with Gasteiger partial charge in [-0.2, -0.15) is 0 Å². The van der Waals surface area contributed by atoms with Gasteiger partial charge < -0.3 is 15.0 Å². The summed E-state index contributed by atoms with van der Waals surface area (Å²) in [6, 6.07) is 0. The summed E-state index contributed by atoms with van der Waals surface area (Å²) < 4.78 is 5.71. The highest BCUT2D eigenvalue weighted by Crippen LogP contribution is 2.36. The summed E-state index contributed by atoms with van der Waals surface area (Å²) in [5.41, 5.74) is 0.842. The van der Waals surface area contributed by atoms with Crippen molar-refractivity contribution in [3.63, 3.8) is 0 Å². The minimum atomic E-state index is 0.366. The summed E-state index contributed by atoms with van der Waals surface area (Å²) in [6.07, 6.45) is 3.95. The van der Waals surface area contributed by atoms with E-state index in [0.29, 0.717) is 10.8 Å². The third-order valence-corrected chi connectivity index (χ3v) is 5.31. The third-order valence-electron chi connectivity index (χ3n) is 5.31. The quantitative estimate of drug-likeness (QED) is 0.839. The molecule has 0 aromatic rings. The van der Waals surface area contributed by atoms with Gasteiger partial charge >= 0.3 is 0 Å². The second kappa shape index (κ2) is 6.76. The minimum absolute atomic E-state index is 0.366. The Balaban J connectivity index is 1.84. The van der Waals surface area contributed by atoms with Crippen LogP contribution in [0.3, 0.4) is 0 Å². The van der Waals surface area contributed by atoms with Crippen LogP contribution in [0.25, 0.3) is 0 Å².